The van der Waals surface area contributed by atoms with Gasteiger partial charge in [-0.3, -0.25) is 4.79 Å². The first kappa shape index (κ1) is 24.0. The summed E-state index contributed by atoms with van der Waals surface area (Å²) in [5.41, 5.74) is 2.25. The number of aromatic nitrogens is 1. The molecule has 0 amide bonds. The number of rotatable bonds is 9. The maximum atomic E-state index is 13.4. The summed E-state index contributed by atoms with van der Waals surface area (Å²) in [6, 6.07) is 24.1. The molecule has 1 aromatic heterocycles. The van der Waals surface area contributed by atoms with Gasteiger partial charge in [0.05, 0.1) is 25.3 Å². The maximum Gasteiger partial charge on any atom is 0.356 e. The Morgan fingerprint density at radius 3 is 2.31 bits per heavy atom. The molecule has 0 spiro atoms. The predicted molar refractivity (Wildman–Crippen MR) is 134 cm³/mol. The zero-order valence-corrected chi connectivity index (χ0v) is 20.0. The Morgan fingerprint density at radius 2 is 1.63 bits per heavy atom. The van der Waals surface area contributed by atoms with E-state index in [4.69, 9.17) is 14.2 Å². The molecule has 6 heteroatoms. The van der Waals surface area contributed by atoms with Crippen LogP contribution in [-0.4, -0.2) is 30.5 Å². The molecule has 0 fully saturated rings. The highest BCUT2D eigenvalue weighted by atomic mass is 16.5. The molecular formula is C29H27NO5. The van der Waals surface area contributed by atoms with Gasteiger partial charge in [-0.2, -0.15) is 0 Å². The van der Waals surface area contributed by atoms with E-state index in [0.717, 1.165) is 16.3 Å². The molecule has 4 aromatic rings. The molecule has 6 nitrogen and oxygen atoms in total. The lowest BCUT2D eigenvalue weighted by Crippen LogP contribution is -2.15. The SMILES string of the molecule is CCOC(=O)c1cc2ccc(OCc3ccccc3)cc2c(C(C)C(=O)c2ccc(OC)cc2)n1. The molecule has 0 saturated heterocycles. The average Bonchev–Trinajstić information content (AvgIpc) is 2.91. The van der Waals surface area contributed by atoms with Crippen LogP contribution in [0.4, 0.5) is 0 Å². The van der Waals surface area contributed by atoms with Gasteiger partial charge < -0.3 is 14.2 Å². The molecule has 4 rings (SSSR count). The quantitative estimate of drug-likeness (QED) is 0.222. The minimum Gasteiger partial charge on any atom is -0.497 e. The highest BCUT2D eigenvalue weighted by Gasteiger charge is 2.24. The van der Waals surface area contributed by atoms with E-state index in [1.165, 1.54) is 0 Å². The van der Waals surface area contributed by atoms with Crippen molar-refractivity contribution in [3.63, 3.8) is 0 Å². The monoisotopic (exact) mass is 469 g/mol. The zero-order chi connectivity index (χ0) is 24.8. The number of pyridine rings is 1. The minimum atomic E-state index is -0.607. The second kappa shape index (κ2) is 10.8. The van der Waals surface area contributed by atoms with Crippen LogP contribution >= 0.6 is 0 Å². The molecular weight excluding hydrogens is 442 g/mol. The number of methoxy groups -OCH3 is 1. The number of benzene rings is 3. The number of ketones is 1. The van der Waals surface area contributed by atoms with Crippen molar-refractivity contribution in [1.29, 1.82) is 0 Å². The summed E-state index contributed by atoms with van der Waals surface area (Å²) in [5.74, 6) is 0.0755. The molecule has 178 valence electrons. The number of esters is 1. The Hall–Kier alpha value is -4.19. The number of carbonyl (C=O) groups is 2. The van der Waals surface area contributed by atoms with Gasteiger partial charge in [-0.05, 0) is 67.3 Å². The molecule has 3 aromatic carbocycles. The fraction of sp³-hybridized carbons (Fsp3) is 0.207. The van der Waals surface area contributed by atoms with Crippen LogP contribution in [0.5, 0.6) is 11.5 Å². The van der Waals surface area contributed by atoms with Gasteiger partial charge in [-0.15, -0.1) is 0 Å². The van der Waals surface area contributed by atoms with E-state index in [2.05, 4.69) is 4.98 Å². The molecule has 1 unspecified atom stereocenters. The largest absolute Gasteiger partial charge is 0.497 e. The lowest BCUT2D eigenvalue weighted by atomic mass is 9.92. The predicted octanol–water partition coefficient (Wildman–Crippen LogP) is 5.99. The van der Waals surface area contributed by atoms with Crippen molar-refractivity contribution in [2.75, 3.05) is 13.7 Å². The van der Waals surface area contributed by atoms with Crippen molar-refractivity contribution in [3.05, 3.63) is 101 Å². The van der Waals surface area contributed by atoms with E-state index < -0.39 is 11.9 Å². The lowest BCUT2D eigenvalue weighted by molar-refractivity contribution is 0.0519. The van der Waals surface area contributed by atoms with Gasteiger partial charge in [0.2, 0.25) is 0 Å². The van der Waals surface area contributed by atoms with Gasteiger partial charge in [0.15, 0.2) is 5.78 Å². The van der Waals surface area contributed by atoms with E-state index in [1.807, 2.05) is 48.5 Å². The first-order valence-electron chi connectivity index (χ1n) is 11.5. The number of hydrogen-bond acceptors (Lipinski definition) is 6. The van der Waals surface area contributed by atoms with Crippen LogP contribution in [0.3, 0.4) is 0 Å². The molecule has 0 aliphatic rings. The van der Waals surface area contributed by atoms with Crippen LogP contribution in [-0.2, 0) is 11.3 Å². The summed E-state index contributed by atoms with van der Waals surface area (Å²) < 4.78 is 16.4. The molecule has 0 bridgehead atoms. The third kappa shape index (κ3) is 5.49. The van der Waals surface area contributed by atoms with Crippen LogP contribution < -0.4 is 9.47 Å². The number of fused-ring (bicyclic) bond motifs is 1. The number of nitrogens with zero attached hydrogens (tertiary/aromatic N) is 1. The molecule has 1 atom stereocenters. The summed E-state index contributed by atoms with van der Waals surface area (Å²) in [6.07, 6.45) is 0. The summed E-state index contributed by atoms with van der Waals surface area (Å²) in [5, 5.41) is 1.53. The van der Waals surface area contributed by atoms with Crippen LogP contribution in [0.1, 0.15) is 51.9 Å². The summed E-state index contributed by atoms with van der Waals surface area (Å²) in [4.78, 5) is 30.4. The highest BCUT2D eigenvalue weighted by Crippen LogP contribution is 2.31. The summed E-state index contributed by atoms with van der Waals surface area (Å²) in [7, 11) is 1.58. The fourth-order valence-electron chi connectivity index (χ4n) is 3.85. The van der Waals surface area contributed by atoms with Gasteiger partial charge >= 0.3 is 5.97 Å². The molecule has 0 aliphatic heterocycles. The van der Waals surface area contributed by atoms with E-state index in [-0.39, 0.29) is 18.1 Å². The standard InChI is InChI=1S/C29H27NO5/c1-4-34-29(32)26-16-22-12-15-24(35-18-20-8-6-5-7-9-20)17-25(22)27(30-26)19(2)28(31)21-10-13-23(33-3)14-11-21/h5-17,19H,4,18H2,1-3H3. The number of carbonyl (C=O) groups excluding carboxylic acids is 2. The fourth-order valence-corrected chi connectivity index (χ4v) is 3.85. The van der Waals surface area contributed by atoms with Crippen LogP contribution in [0, 0.1) is 0 Å². The minimum absolute atomic E-state index is 0.113. The molecule has 35 heavy (non-hydrogen) atoms. The first-order valence-corrected chi connectivity index (χ1v) is 11.5. The van der Waals surface area contributed by atoms with Crippen molar-refractivity contribution in [2.24, 2.45) is 0 Å². The third-order valence-corrected chi connectivity index (χ3v) is 5.74. The average molecular weight is 470 g/mol. The second-order valence-electron chi connectivity index (χ2n) is 8.08. The molecule has 0 N–H and O–H groups in total. The van der Waals surface area contributed by atoms with Gasteiger partial charge in [0, 0.05) is 10.9 Å². The van der Waals surface area contributed by atoms with Crippen LogP contribution in [0.2, 0.25) is 0 Å². The van der Waals surface area contributed by atoms with Gasteiger partial charge in [0.1, 0.15) is 23.8 Å². The second-order valence-corrected chi connectivity index (χ2v) is 8.08. The van der Waals surface area contributed by atoms with E-state index in [1.54, 1.807) is 51.3 Å². The smallest absolute Gasteiger partial charge is 0.356 e. The lowest BCUT2D eigenvalue weighted by Gasteiger charge is -2.16. The Kier molecular flexibility index (Phi) is 7.41. The zero-order valence-electron chi connectivity index (χ0n) is 20.0. The van der Waals surface area contributed by atoms with E-state index in [0.29, 0.717) is 29.4 Å². The van der Waals surface area contributed by atoms with Crippen LogP contribution in [0.15, 0.2) is 78.9 Å². The topological polar surface area (TPSA) is 74.7 Å². The van der Waals surface area contributed by atoms with Crippen LogP contribution in [0.25, 0.3) is 10.8 Å². The Labute approximate surface area is 204 Å². The molecule has 0 aliphatic carbocycles. The maximum absolute atomic E-state index is 13.4. The van der Waals surface area contributed by atoms with Crippen molar-refractivity contribution >= 4 is 22.5 Å². The Morgan fingerprint density at radius 1 is 0.914 bits per heavy atom. The number of Topliss-reactive ketones (excluding diaryl/α,β-unsaturated/α-hetero) is 1. The van der Waals surface area contributed by atoms with Gasteiger partial charge in [-0.1, -0.05) is 36.4 Å². The number of hydrogen-bond donors (Lipinski definition) is 0. The van der Waals surface area contributed by atoms with Gasteiger partial charge in [0.25, 0.3) is 0 Å². The normalized spacial score (nSPS) is 11.6. The Balaban J connectivity index is 1.73. The summed E-state index contributed by atoms with van der Waals surface area (Å²) >= 11 is 0. The van der Waals surface area contributed by atoms with E-state index >= 15 is 0 Å². The van der Waals surface area contributed by atoms with Crippen molar-refractivity contribution in [2.45, 2.75) is 26.4 Å². The van der Waals surface area contributed by atoms with Crippen molar-refractivity contribution < 1.29 is 23.8 Å². The highest BCUT2D eigenvalue weighted by molar-refractivity contribution is 6.04. The van der Waals surface area contributed by atoms with E-state index in [9.17, 15) is 9.59 Å². The Bertz CT molecular complexity index is 1330. The number of ether oxygens (including phenoxy) is 3. The molecule has 0 saturated carbocycles. The first-order chi connectivity index (χ1) is 17.0. The van der Waals surface area contributed by atoms with Crippen molar-refractivity contribution in [3.8, 4) is 11.5 Å². The van der Waals surface area contributed by atoms with Gasteiger partial charge in [-0.25, -0.2) is 9.78 Å². The molecule has 1 heterocycles. The molecule has 0 radical (unpaired) electrons. The third-order valence-electron chi connectivity index (χ3n) is 5.74. The van der Waals surface area contributed by atoms with Crippen molar-refractivity contribution in [1.82, 2.24) is 4.98 Å². The summed E-state index contributed by atoms with van der Waals surface area (Å²) in [6.45, 7) is 4.18.